The predicted molar refractivity (Wildman–Crippen MR) is 78.7 cm³/mol. The number of hydrogen-bond donors (Lipinski definition) is 0. The van der Waals surface area contributed by atoms with Crippen LogP contribution in [0.15, 0.2) is 12.1 Å². The molecule has 0 spiro atoms. The Kier molecular flexibility index (Phi) is 6.03. The van der Waals surface area contributed by atoms with Crippen LogP contribution in [0.5, 0.6) is 5.75 Å². The Morgan fingerprint density at radius 3 is 2.32 bits per heavy atom. The molecule has 0 aliphatic heterocycles. The van der Waals surface area contributed by atoms with Gasteiger partial charge in [0.25, 0.3) is 0 Å². The summed E-state index contributed by atoms with van der Waals surface area (Å²) < 4.78 is 5.38. The first-order valence-electron chi connectivity index (χ1n) is 6.76. The molecule has 1 aromatic rings. The molecule has 0 heterocycles. The Morgan fingerprint density at radius 2 is 1.84 bits per heavy atom. The van der Waals surface area contributed by atoms with E-state index in [-0.39, 0.29) is 5.78 Å². The summed E-state index contributed by atoms with van der Waals surface area (Å²) in [7, 11) is 3.80. The zero-order chi connectivity index (χ0) is 14.4. The van der Waals surface area contributed by atoms with Crippen LogP contribution in [0.3, 0.4) is 0 Å². The van der Waals surface area contributed by atoms with Gasteiger partial charge in [-0.15, -0.1) is 0 Å². The van der Waals surface area contributed by atoms with Crippen LogP contribution in [0.25, 0.3) is 0 Å². The van der Waals surface area contributed by atoms with Crippen LogP contribution >= 0.6 is 0 Å². The second-order valence-electron chi connectivity index (χ2n) is 5.31. The van der Waals surface area contributed by atoms with Crippen molar-refractivity contribution in [1.82, 2.24) is 4.90 Å². The zero-order valence-electron chi connectivity index (χ0n) is 12.7. The number of methoxy groups -OCH3 is 1. The lowest BCUT2D eigenvalue weighted by molar-refractivity contribution is -0.117. The molecular formula is C16H25NO2. The molecule has 0 amide bonds. The van der Waals surface area contributed by atoms with Gasteiger partial charge in [-0.2, -0.15) is 0 Å². The summed E-state index contributed by atoms with van der Waals surface area (Å²) in [5.41, 5.74) is 3.64. The van der Waals surface area contributed by atoms with Gasteiger partial charge >= 0.3 is 0 Å². The number of nitrogens with zero attached hydrogens (tertiary/aromatic N) is 1. The molecule has 3 nitrogen and oxygen atoms in total. The van der Waals surface area contributed by atoms with Crippen molar-refractivity contribution in [2.24, 2.45) is 0 Å². The number of carbonyl (C=O) groups excluding carboxylic acids is 1. The number of carbonyl (C=O) groups is 1. The Morgan fingerprint density at radius 1 is 1.26 bits per heavy atom. The van der Waals surface area contributed by atoms with Gasteiger partial charge in [-0.25, -0.2) is 0 Å². The highest BCUT2D eigenvalue weighted by Gasteiger charge is 2.07. The van der Waals surface area contributed by atoms with Gasteiger partial charge in [0, 0.05) is 13.0 Å². The number of ketones is 1. The van der Waals surface area contributed by atoms with E-state index >= 15 is 0 Å². The topological polar surface area (TPSA) is 29.5 Å². The number of benzene rings is 1. The Balaban J connectivity index is 2.59. The normalized spacial score (nSPS) is 10.8. The lowest BCUT2D eigenvalue weighted by atomic mass is 10.1. The molecular weight excluding hydrogens is 238 g/mol. The van der Waals surface area contributed by atoms with Crippen molar-refractivity contribution in [3.63, 3.8) is 0 Å². The van der Waals surface area contributed by atoms with Crippen LogP contribution in [0.1, 0.15) is 36.5 Å². The van der Waals surface area contributed by atoms with E-state index in [0.717, 1.165) is 25.3 Å². The molecule has 3 heteroatoms. The molecule has 0 saturated heterocycles. The van der Waals surface area contributed by atoms with Crippen LogP contribution in [0.4, 0.5) is 0 Å². The maximum Gasteiger partial charge on any atom is 0.129 e. The number of rotatable bonds is 7. The fourth-order valence-electron chi connectivity index (χ4n) is 2.44. The predicted octanol–water partition coefficient (Wildman–Crippen LogP) is 3.11. The highest BCUT2D eigenvalue weighted by molar-refractivity contribution is 5.75. The minimum Gasteiger partial charge on any atom is -0.496 e. The van der Waals surface area contributed by atoms with Crippen molar-refractivity contribution >= 4 is 5.78 Å². The second-order valence-corrected chi connectivity index (χ2v) is 5.31. The van der Waals surface area contributed by atoms with Gasteiger partial charge in [0.05, 0.1) is 7.11 Å². The van der Waals surface area contributed by atoms with Gasteiger partial charge in [0.2, 0.25) is 0 Å². The van der Waals surface area contributed by atoms with E-state index in [4.69, 9.17) is 4.74 Å². The average Bonchev–Trinajstić information content (AvgIpc) is 2.27. The van der Waals surface area contributed by atoms with E-state index < -0.39 is 0 Å². The molecule has 0 atom stereocenters. The third kappa shape index (κ3) is 5.03. The Bertz CT molecular complexity index is 417. The quantitative estimate of drug-likeness (QED) is 0.757. The summed E-state index contributed by atoms with van der Waals surface area (Å²) in [6.45, 7) is 7.65. The summed E-state index contributed by atoms with van der Waals surface area (Å²) >= 11 is 0. The Labute approximate surface area is 116 Å². The molecule has 0 aromatic heterocycles. The molecule has 106 valence electrons. The van der Waals surface area contributed by atoms with Crippen molar-refractivity contribution in [2.45, 2.75) is 40.2 Å². The van der Waals surface area contributed by atoms with E-state index in [1.165, 1.54) is 16.7 Å². The highest BCUT2D eigenvalue weighted by atomic mass is 16.5. The fraction of sp³-hybridized carbons (Fsp3) is 0.562. The van der Waals surface area contributed by atoms with Gasteiger partial charge < -0.3 is 14.4 Å². The standard InChI is InChI=1S/C16H25NO2/c1-12-9-15(10-13(2)16(12)19-5)11-17(4)8-6-7-14(3)18/h9-10H,6-8,11H2,1-5H3. The molecule has 19 heavy (non-hydrogen) atoms. The number of ether oxygens (including phenoxy) is 1. The van der Waals surface area contributed by atoms with Gasteiger partial charge in [0.15, 0.2) is 0 Å². The average molecular weight is 263 g/mol. The van der Waals surface area contributed by atoms with E-state index in [1.807, 2.05) is 0 Å². The molecule has 0 N–H and O–H groups in total. The van der Waals surface area contributed by atoms with Gasteiger partial charge in [0.1, 0.15) is 11.5 Å². The molecule has 0 unspecified atom stereocenters. The molecule has 0 aliphatic carbocycles. The van der Waals surface area contributed by atoms with Gasteiger partial charge in [-0.3, -0.25) is 0 Å². The summed E-state index contributed by atoms with van der Waals surface area (Å²) in [5, 5.41) is 0. The lowest BCUT2D eigenvalue weighted by Gasteiger charge is -2.18. The number of Topliss-reactive ketones (excluding diaryl/α,β-unsaturated/α-hetero) is 1. The highest BCUT2D eigenvalue weighted by Crippen LogP contribution is 2.24. The van der Waals surface area contributed by atoms with Crippen LogP contribution in [-0.2, 0) is 11.3 Å². The zero-order valence-corrected chi connectivity index (χ0v) is 12.7. The van der Waals surface area contributed by atoms with Crippen LogP contribution in [-0.4, -0.2) is 31.4 Å². The largest absolute Gasteiger partial charge is 0.496 e. The summed E-state index contributed by atoms with van der Waals surface area (Å²) in [6.07, 6.45) is 1.60. The lowest BCUT2D eigenvalue weighted by Crippen LogP contribution is -2.19. The molecule has 0 fully saturated rings. The molecule has 0 saturated carbocycles. The van der Waals surface area contributed by atoms with Crippen LogP contribution in [0, 0.1) is 13.8 Å². The molecule has 0 aliphatic rings. The summed E-state index contributed by atoms with van der Waals surface area (Å²) in [6, 6.07) is 4.35. The fourth-order valence-corrected chi connectivity index (χ4v) is 2.44. The van der Waals surface area contributed by atoms with Gasteiger partial charge in [-0.05, 0) is 57.5 Å². The minimum absolute atomic E-state index is 0.268. The molecule has 1 rings (SSSR count). The maximum absolute atomic E-state index is 10.9. The minimum atomic E-state index is 0.268. The SMILES string of the molecule is COc1c(C)cc(CN(C)CCCC(C)=O)cc1C. The monoisotopic (exact) mass is 263 g/mol. The maximum atomic E-state index is 10.9. The van der Waals surface area contributed by atoms with Crippen molar-refractivity contribution in [3.05, 3.63) is 28.8 Å². The van der Waals surface area contributed by atoms with Crippen LogP contribution < -0.4 is 4.74 Å². The Hall–Kier alpha value is -1.35. The van der Waals surface area contributed by atoms with E-state index in [2.05, 4.69) is 37.9 Å². The van der Waals surface area contributed by atoms with Crippen molar-refractivity contribution in [3.8, 4) is 5.75 Å². The van der Waals surface area contributed by atoms with Crippen molar-refractivity contribution < 1.29 is 9.53 Å². The smallest absolute Gasteiger partial charge is 0.129 e. The number of aryl methyl sites for hydroxylation is 2. The first-order chi connectivity index (χ1) is 8.93. The molecule has 0 bridgehead atoms. The van der Waals surface area contributed by atoms with Crippen molar-refractivity contribution in [1.29, 1.82) is 0 Å². The first kappa shape index (κ1) is 15.7. The first-order valence-corrected chi connectivity index (χ1v) is 6.76. The van der Waals surface area contributed by atoms with Crippen molar-refractivity contribution in [2.75, 3.05) is 20.7 Å². The third-order valence-corrected chi connectivity index (χ3v) is 3.25. The third-order valence-electron chi connectivity index (χ3n) is 3.25. The van der Waals surface area contributed by atoms with E-state index in [0.29, 0.717) is 6.42 Å². The second kappa shape index (κ2) is 7.29. The van der Waals surface area contributed by atoms with E-state index in [9.17, 15) is 4.79 Å². The van der Waals surface area contributed by atoms with Crippen LogP contribution in [0.2, 0.25) is 0 Å². The number of hydrogen-bond acceptors (Lipinski definition) is 3. The molecule has 1 aromatic carbocycles. The summed E-state index contributed by atoms with van der Waals surface area (Å²) in [5.74, 6) is 1.24. The van der Waals surface area contributed by atoms with E-state index in [1.54, 1.807) is 14.0 Å². The molecule has 0 radical (unpaired) electrons. The summed E-state index contributed by atoms with van der Waals surface area (Å²) in [4.78, 5) is 13.2. The van der Waals surface area contributed by atoms with Gasteiger partial charge in [-0.1, -0.05) is 12.1 Å².